The standard InChI is InChI=1S/C35H32ClF7N8O4S/c1-49(8-9-52)24-7-5-18(19-4-6-23(36)26-28(19)50(2)47-33(26)48-56(3,54)55)27(45-24)21(12-15-10-16(37)13-17(38)11-15)29(32(44)53)51-31-25(30(46-51)35(41,42)43)20-14-22(20)34(31,39)40/h4-7,10-11,13,20-22,29,52H,8-9,12,14H2,1-3H3,(H2,44,53)(H,47,48)/t20-,21+,22+,29?/m0/s1. The van der Waals surface area contributed by atoms with Crippen molar-refractivity contribution < 1.29 is 49.1 Å². The number of nitrogens with zero attached hydrogens (tertiary/aromatic N) is 6. The number of carbonyl (C=O) groups is 1. The number of pyridine rings is 1. The van der Waals surface area contributed by atoms with Gasteiger partial charge in [0.2, 0.25) is 15.9 Å². The van der Waals surface area contributed by atoms with E-state index >= 15 is 8.78 Å². The van der Waals surface area contributed by atoms with Crippen LogP contribution in [0.2, 0.25) is 5.02 Å². The molecule has 0 spiro atoms. The number of benzene rings is 2. The molecule has 298 valence electrons. The van der Waals surface area contributed by atoms with Crippen LogP contribution < -0.4 is 15.4 Å². The Morgan fingerprint density at radius 1 is 1.12 bits per heavy atom. The van der Waals surface area contributed by atoms with Crippen LogP contribution in [0.25, 0.3) is 22.0 Å². The van der Waals surface area contributed by atoms with E-state index in [1.54, 1.807) is 0 Å². The highest BCUT2D eigenvalue weighted by Crippen LogP contribution is 2.69. The molecule has 0 radical (unpaired) electrons. The Labute approximate surface area is 319 Å². The zero-order chi connectivity index (χ0) is 40.8. The number of aliphatic hydroxyl groups excluding tert-OH is 1. The van der Waals surface area contributed by atoms with Crippen molar-refractivity contribution in [2.24, 2.45) is 18.7 Å². The van der Waals surface area contributed by atoms with Crippen LogP contribution in [-0.2, 0) is 40.4 Å². The normalized spacial score (nSPS) is 18.4. The number of aliphatic hydroxyl groups is 1. The van der Waals surface area contributed by atoms with E-state index in [0.29, 0.717) is 6.07 Å². The molecule has 7 rings (SSSR count). The quantitative estimate of drug-likeness (QED) is 0.132. The molecule has 2 aliphatic carbocycles. The minimum atomic E-state index is -5.21. The number of halogens is 8. The molecule has 0 bridgehead atoms. The Bertz CT molecular complexity index is 2510. The summed E-state index contributed by atoms with van der Waals surface area (Å²) in [5, 5.41) is 17.8. The first-order chi connectivity index (χ1) is 26.1. The van der Waals surface area contributed by atoms with Gasteiger partial charge >= 0.3 is 6.18 Å². The van der Waals surface area contributed by atoms with Gasteiger partial charge in [-0.3, -0.25) is 14.2 Å². The van der Waals surface area contributed by atoms with Gasteiger partial charge in [0.05, 0.1) is 34.5 Å². The molecule has 3 heterocycles. The topological polar surface area (TPSA) is 161 Å². The average molecular weight is 829 g/mol. The number of primary amides is 1. The average Bonchev–Trinajstić information content (AvgIpc) is 3.60. The summed E-state index contributed by atoms with van der Waals surface area (Å²) in [4.78, 5) is 20.0. The Hall–Kier alpha value is -4.95. The number of fused-ring (bicyclic) bond motifs is 4. The molecule has 3 aromatic heterocycles. The number of likely N-dealkylation sites (N-methyl/N-ethyl adjacent to an activating group) is 1. The van der Waals surface area contributed by atoms with Gasteiger partial charge in [-0.1, -0.05) is 17.7 Å². The summed E-state index contributed by atoms with van der Waals surface area (Å²) in [6, 6.07) is 6.06. The van der Waals surface area contributed by atoms with E-state index in [4.69, 9.17) is 22.3 Å². The van der Waals surface area contributed by atoms with E-state index < -0.39 is 86.8 Å². The molecule has 1 saturated carbocycles. The number of alkyl halides is 5. The van der Waals surface area contributed by atoms with Crippen molar-refractivity contribution in [1.82, 2.24) is 24.5 Å². The van der Waals surface area contributed by atoms with Crippen molar-refractivity contribution in [2.75, 3.05) is 36.1 Å². The summed E-state index contributed by atoms with van der Waals surface area (Å²) in [6.45, 7) is -0.347. The Balaban J connectivity index is 1.56. The molecule has 0 saturated heterocycles. The lowest BCUT2D eigenvalue weighted by atomic mass is 9.84. The van der Waals surface area contributed by atoms with Crippen LogP contribution in [0.5, 0.6) is 0 Å². The fraction of sp³-hybridized carbons (Fsp3) is 0.371. The number of hydrogen-bond donors (Lipinski definition) is 3. The van der Waals surface area contributed by atoms with Gasteiger partial charge in [0.1, 0.15) is 29.2 Å². The van der Waals surface area contributed by atoms with Crippen LogP contribution in [0.4, 0.5) is 42.4 Å². The fourth-order valence-electron chi connectivity index (χ4n) is 7.76. The Morgan fingerprint density at radius 2 is 1.79 bits per heavy atom. The number of sulfonamides is 1. The van der Waals surface area contributed by atoms with E-state index in [0.717, 1.165) is 18.4 Å². The summed E-state index contributed by atoms with van der Waals surface area (Å²) in [5.74, 6) is -11.7. The van der Waals surface area contributed by atoms with Gasteiger partial charge in [-0.25, -0.2) is 26.9 Å². The van der Waals surface area contributed by atoms with Crippen molar-refractivity contribution >= 4 is 50.1 Å². The van der Waals surface area contributed by atoms with Gasteiger partial charge in [-0.05, 0) is 54.7 Å². The summed E-state index contributed by atoms with van der Waals surface area (Å²) >= 11 is 6.57. The van der Waals surface area contributed by atoms with Gasteiger partial charge in [0, 0.05) is 55.2 Å². The predicted octanol–water partition coefficient (Wildman–Crippen LogP) is 5.84. The minimum Gasteiger partial charge on any atom is -0.395 e. The van der Waals surface area contributed by atoms with Crippen molar-refractivity contribution in [2.45, 2.75) is 42.8 Å². The Kier molecular flexibility index (Phi) is 9.55. The molecule has 5 aromatic rings. The number of aryl methyl sites for hydroxylation is 1. The third-order valence-electron chi connectivity index (χ3n) is 10.1. The van der Waals surface area contributed by atoms with E-state index in [1.807, 2.05) is 0 Å². The molecule has 2 aliphatic rings. The zero-order valence-electron chi connectivity index (χ0n) is 29.5. The molecular weight excluding hydrogens is 797 g/mol. The second kappa shape index (κ2) is 13.6. The van der Waals surface area contributed by atoms with Crippen LogP contribution >= 0.6 is 11.6 Å². The van der Waals surface area contributed by atoms with Gasteiger partial charge in [-0.2, -0.15) is 32.1 Å². The smallest absolute Gasteiger partial charge is 0.395 e. The van der Waals surface area contributed by atoms with E-state index in [9.17, 15) is 40.3 Å². The monoisotopic (exact) mass is 828 g/mol. The van der Waals surface area contributed by atoms with E-state index in [-0.39, 0.29) is 74.2 Å². The number of carbonyl (C=O) groups excluding carboxylic acids is 1. The number of anilines is 2. The fourth-order valence-corrected chi connectivity index (χ4v) is 8.49. The highest BCUT2D eigenvalue weighted by Gasteiger charge is 2.69. The molecular formula is C35H32ClF7N8O4S. The summed E-state index contributed by atoms with van der Waals surface area (Å²) < 4.78 is 133. The van der Waals surface area contributed by atoms with Crippen molar-refractivity contribution in [3.8, 4) is 11.1 Å². The molecule has 12 nitrogen and oxygen atoms in total. The zero-order valence-corrected chi connectivity index (χ0v) is 31.1. The van der Waals surface area contributed by atoms with Crippen molar-refractivity contribution in [3.63, 3.8) is 0 Å². The molecule has 56 heavy (non-hydrogen) atoms. The molecule has 1 amide bonds. The predicted molar refractivity (Wildman–Crippen MR) is 191 cm³/mol. The van der Waals surface area contributed by atoms with Crippen LogP contribution in [0.1, 0.15) is 52.5 Å². The van der Waals surface area contributed by atoms with Gasteiger partial charge in [-0.15, -0.1) is 0 Å². The number of amides is 1. The number of rotatable bonds is 12. The maximum atomic E-state index is 16.0. The SMILES string of the molecule is CN(CCO)c1ccc(-c2ccc(Cl)c3c(NS(C)(=O)=O)nn(C)c23)c([C@@H](Cc2cc(F)cc(F)c2)C(C(N)=O)n2nc(C(F)(F)F)c3c2C(F)(F)[C@@H]2C[C@H]32)n1. The highest BCUT2D eigenvalue weighted by molar-refractivity contribution is 7.92. The van der Waals surface area contributed by atoms with Crippen LogP contribution in [0.15, 0.2) is 42.5 Å². The summed E-state index contributed by atoms with van der Waals surface area (Å²) in [5.41, 5.74) is 2.65. The third-order valence-corrected chi connectivity index (χ3v) is 10.9. The van der Waals surface area contributed by atoms with Crippen LogP contribution in [0.3, 0.4) is 0 Å². The lowest BCUT2D eigenvalue weighted by Gasteiger charge is -2.30. The molecule has 4 N–H and O–H groups in total. The highest BCUT2D eigenvalue weighted by atomic mass is 35.5. The molecule has 21 heteroatoms. The number of aromatic nitrogens is 5. The lowest BCUT2D eigenvalue weighted by molar-refractivity contribution is -0.142. The van der Waals surface area contributed by atoms with Gasteiger partial charge in [0.25, 0.3) is 5.92 Å². The summed E-state index contributed by atoms with van der Waals surface area (Å²) in [6.07, 6.45) is -5.16. The Morgan fingerprint density at radius 3 is 2.39 bits per heavy atom. The molecule has 1 unspecified atom stereocenters. The van der Waals surface area contributed by atoms with Crippen LogP contribution in [-0.4, -0.2) is 70.4 Å². The van der Waals surface area contributed by atoms with E-state index in [1.165, 1.54) is 47.9 Å². The molecule has 0 aliphatic heterocycles. The first kappa shape index (κ1) is 39.3. The summed E-state index contributed by atoms with van der Waals surface area (Å²) in [7, 11) is -0.893. The second-order valence-electron chi connectivity index (χ2n) is 14.0. The number of hydrogen-bond acceptors (Lipinski definition) is 8. The van der Waals surface area contributed by atoms with Gasteiger partial charge < -0.3 is 15.7 Å². The van der Waals surface area contributed by atoms with Crippen LogP contribution in [0, 0.1) is 17.6 Å². The molecule has 1 fully saturated rings. The second-order valence-corrected chi connectivity index (χ2v) is 16.1. The third kappa shape index (κ3) is 6.80. The lowest BCUT2D eigenvalue weighted by Crippen LogP contribution is -2.37. The molecule has 2 aromatic carbocycles. The maximum Gasteiger partial charge on any atom is 0.435 e. The molecule has 4 atom stereocenters. The van der Waals surface area contributed by atoms with Gasteiger partial charge in [0.15, 0.2) is 11.5 Å². The minimum absolute atomic E-state index is 0.00879. The number of nitrogens with one attached hydrogen (secondary N) is 1. The largest absolute Gasteiger partial charge is 0.435 e. The van der Waals surface area contributed by atoms with Crippen molar-refractivity contribution in [3.05, 3.63) is 87.3 Å². The van der Waals surface area contributed by atoms with E-state index in [2.05, 4.69) is 14.9 Å². The first-order valence-corrected chi connectivity index (χ1v) is 19.2. The van der Waals surface area contributed by atoms with Crippen molar-refractivity contribution in [1.29, 1.82) is 0 Å². The number of nitrogens with two attached hydrogens (primary N) is 1. The first-order valence-electron chi connectivity index (χ1n) is 16.9. The maximum absolute atomic E-state index is 16.0.